The van der Waals surface area contributed by atoms with Gasteiger partial charge < -0.3 is 10.2 Å². The van der Waals surface area contributed by atoms with E-state index in [4.69, 9.17) is 0 Å². The summed E-state index contributed by atoms with van der Waals surface area (Å²) in [6, 6.07) is 14.3. The quantitative estimate of drug-likeness (QED) is 0.368. The molecule has 2 aromatic carbocycles. The molecule has 8 rings (SSSR count). The van der Waals surface area contributed by atoms with Crippen molar-refractivity contribution in [1.29, 1.82) is 0 Å². The van der Waals surface area contributed by atoms with Gasteiger partial charge in [-0.25, -0.2) is 0 Å². The van der Waals surface area contributed by atoms with Gasteiger partial charge >= 0.3 is 0 Å². The molecule has 204 valence electrons. The normalized spacial score (nSPS) is 31.1. The third kappa shape index (κ3) is 4.93. The summed E-state index contributed by atoms with van der Waals surface area (Å²) in [4.78, 5) is 39.7. The summed E-state index contributed by atoms with van der Waals surface area (Å²) in [6.45, 7) is 1.48. The lowest BCUT2D eigenvalue weighted by Gasteiger charge is -2.57. The van der Waals surface area contributed by atoms with E-state index in [9.17, 15) is 14.4 Å². The van der Waals surface area contributed by atoms with E-state index in [1.165, 1.54) is 49.7 Å². The highest BCUT2D eigenvalue weighted by atomic mass is 32.2. The molecule has 6 nitrogen and oxygen atoms in total. The minimum atomic E-state index is -0.578. The topological polar surface area (TPSA) is 78.5 Å². The summed E-state index contributed by atoms with van der Waals surface area (Å²) in [5, 5.41) is 6.40. The first-order valence-corrected chi connectivity index (χ1v) is 15.7. The predicted octanol–water partition coefficient (Wildman–Crippen LogP) is 4.84. The van der Waals surface area contributed by atoms with Crippen molar-refractivity contribution >= 4 is 29.5 Å². The summed E-state index contributed by atoms with van der Waals surface area (Å²) in [5.74, 6) is 3.01. The van der Waals surface area contributed by atoms with Crippen LogP contribution in [0, 0.1) is 17.8 Å². The number of hydrogen-bond acceptors (Lipinski definition) is 5. The molecule has 1 saturated heterocycles. The van der Waals surface area contributed by atoms with E-state index in [-0.39, 0.29) is 24.1 Å². The van der Waals surface area contributed by atoms with Crippen molar-refractivity contribution in [2.45, 2.75) is 86.6 Å². The zero-order valence-corrected chi connectivity index (χ0v) is 23.2. The first kappa shape index (κ1) is 25.3. The summed E-state index contributed by atoms with van der Waals surface area (Å²) in [7, 11) is 0. The van der Waals surface area contributed by atoms with Gasteiger partial charge in [0.05, 0.1) is 0 Å². The van der Waals surface area contributed by atoms with Crippen molar-refractivity contribution in [3.05, 3.63) is 64.7 Å². The van der Waals surface area contributed by atoms with Crippen LogP contribution in [0.1, 0.15) is 78.4 Å². The molecule has 4 saturated carbocycles. The number of rotatable bonds is 8. The van der Waals surface area contributed by atoms with Gasteiger partial charge in [-0.1, -0.05) is 30.3 Å². The van der Waals surface area contributed by atoms with Crippen LogP contribution in [-0.2, 0) is 28.3 Å². The van der Waals surface area contributed by atoms with Crippen LogP contribution in [0.4, 0.5) is 0 Å². The number of carbonyl (C=O) groups is 3. The fourth-order valence-corrected chi connectivity index (χ4v) is 9.49. The van der Waals surface area contributed by atoms with Crippen molar-refractivity contribution in [3.8, 4) is 0 Å². The fraction of sp³-hybridized carbons (Fsp3) is 0.531. The number of thioether (sulfide) groups is 1. The zero-order chi connectivity index (χ0) is 26.6. The molecule has 0 radical (unpaired) electrons. The van der Waals surface area contributed by atoms with Crippen LogP contribution in [0.3, 0.4) is 0 Å². The summed E-state index contributed by atoms with van der Waals surface area (Å²) in [5.41, 5.74) is 4.74. The number of nitrogens with one attached hydrogen (secondary N) is 2. The second kappa shape index (κ2) is 10.1. The van der Waals surface area contributed by atoms with E-state index in [2.05, 4.69) is 41.0 Å². The van der Waals surface area contributed by atoms with Gasteiger partial charge in [-0.3, -0.25) is 19.7 Å². The molecule has 3 amide bonds. The first-order valence-electron chi connectivity index (χ1n) is 14.7. The third-order valence-corrected chi connectivity index (χ3v) is 11.1. The van der Waals surface area contributed by atoms with E-state index in [0.29, 0.717) is 24.1 Å². The van der Waals surface area contributed by atoms with Crippen molar-refractivity contribution in [1.82, 2.24) is 15.5 Å². The van der Waals surface area contributed by atoms with Crippen molar-refractivity contribution < 1.29 is 14.4 Å². The van der Waals surface area contributed by atoms with E-state index in [1.807, 2.05) is 12.1 Å². The Morgan fingerprint density at radius 3 is 2.31 bits per heavy atom. The van der Waals surface area contributed by atoms with Crippen LogP contribution in [0.2, 0.25) is 0 Å². The lowest BCUT2D eigenvalue weighted by molar-refractivity contribution is -0.136. The largest absolute Gasteiger partial charge is 0.322 e. The highest BCUT2D eigenvalue weighted by molar-refractivity contribution is 7.98. The van der Waals surface area contributed by atoms with Gasteiger partial charge in [0.1, 0.15) is 6.04 Å². The Morgan fingerprint density at radius 1 is 0.923 bits per heavy atom. The number of hydrogen-bond donors (Lipinski definition) is 2. The molecule has 2 heterocycles. The molecule has 0 spiro atoms. The van der Waals surface area contributed by atoms with Gasteiger partial charge in [0.2, 0.25) is 11.8 Å². The SMILES string of the molecule is O=C1CCC(N2Cc3c(SCc4ccc(CCNC56CC7CC(CC(C7)C5)C6)cc4)cccc3C2=O)C(=O)N1. The Kier molecular flexibility index (Phi) is 6.55. The van der Waals surface area contributed by atoms with Crippen LogP contribution in [0.25, 0.3) is 0 Å². The standard InChI is InChI=1S/C32H37N3O3S/c36-29-9-8-27(30(37)34-29)35-18-26-25(31(35)38)2-1-3-28(26)39-19-21-6-4-20(5-7-21)10-11-33-32-15-22-12-23(16-32)14-24(13-22)17-32/h1-7,22-24,27,33H,8-19H2,(H,34,36,37). The number of amides is 3. The van der Waals surface area contributed by atoms with Crippen molar-refractivity contribution in [2.75, 3.05) is 6.54 Å². The molecule has 39 heavy (non-hydrogen) atoms. The maximum Gasteiger partial charge on any atom is 0.255 e. The Labute approximate surface area is 234 Å². The Hall–Kier alpha value is -2.64. The van der Waals surface area contributed by atoms with Gasteiger partial charge in [-0.15, -0.1) is 11.8 Å². The number of imide groups is 1. The highest BCUT2D eigenvalue weighted by Gasteiger charge is 2.50. The maximum absolute atomic E-state index is 13.1. The molecule has 2 aromatic rings. The maximum atomic E-state index is 13.1. The molecule has 1 unspecified atom stereocenters. The molecule has 5 fully saturated rings. The molecule has 1 atom stereocenters. The summed E-state index contributed by atoms with van der Waals surface area (Å²) < 4.78 is 0. The Bertz CT molecular complexity index is 1270. The number of piperidine rings is 1. The first-order chi connectivity index (χ1) is 18.9. The van der Waals surface area contributed by atoms with Crippen LogP contribution in [0.15, 0.2) is 47.4 Å². The fourth-order valence-electron chi connectivity index (χ4n) is 8.45. The van der Waals surface area contributed by atoms with Gasteiger partial charge in [0.25, 0.3) is 5.91 Å². The van der Waals surface area contributed by atoms with Gasteiger partial charge in [0.15, 0.2) is 0 Å². The van der Waals surface area contributed by atoms with Crippen LogP contribution in [0.5, 0.6) is 0 Å². The van der Waals surface area contributed by atoms with Crippen LogP contribution in [-0.4, -0.2) is 40.7 Å². The second-order valence-electron chi connectivity index (χ2n) is 12.7. The lowest BCUT2D eigenvalue weighted by Crippen LogP contribution is -2.58. The van der Waals surface area contributed by atoms with Gasteiger partial charge in [0, 0.05) is 34.7 Å². The summed E-state index contributed by atoms with van der Waals surface area (Å²) in [6.07, 6.45) is 10.4. The van der Waals surface area contributed by atoms with E-state index in [1.54, 1.807) is 16.7 Å². The predicted molar refractivity (Wildman–Crippen MR) is 151 cm³/mol. The number of carbonyl (C=O) groups excluding carboxylic acids is 3. The average molecular weight is 544 g/mol. The molecule has 4 aliphatic carbocycles. The molecule has 2 aliphatic heterocycles. The number of benzene rings is 2. The molecule has 2 N–H and O–H groups in total. The average Bonchev–Trinajstić information content (AvgIpc) is 3.24. The monoisotopic (exact) mass is 543 g/mol. The minimum absolute atomic E-state index is 0.117. The third-order valence-electron chi connectivity index (χ3n) is 9.91. The molecular weight excluding hydrogens is 506 g/mol. The molecule has 0 aromatic heterocycles. The van der Waals surface area contributed by atoms with E-state index < -0.39 is 6.04 Å². The van der Waals surface area contributed by atoms with Crippen LogP contribution < -0.4 is 10.6 Å². The smallest absolute Gasteiger partial charge is 0.255 e. The number of fused-ring (bicyclic) bond motifs is 1. The lowest BCUT2D eigenvalue weighted by atomic mass is 9.53. The van der Waals surface area contributed by atoms with E-state index in [0.717, 1.165) is 46.9 Å². The molecule has 6 aliphatic rings. The van der Waals surface area contributed by atoms with Crippen molar-refractivity contribution in [3.63, 3.8) is 0 Å². The Morgan fingerprint density at radius 2 is 1.62 bits per heavy atom. The minimum Gasteiger partial charge on any atom is -0.322 e. The van der Waals surface area contributed by atoms with Crippen molar-refractivity contribution in [2.24, 2.45) is 17.8 Å². The van der Waals surface area contributed by atoms with E-state index >= 15 is 0 Å². The van der Waals surface area contributed by atoms with Crippen LogP contribution >= 0.6 is 11.8 Å². The highest BCUT2D eigenvalue weighted by Crippen LogP contribution is 2.55. The molecular formula is C32H37N3O3S. The second-order valence-corrected chi connectivity index (χ2v) is 13.7. The summed E-state index contributed by atoms with van der Waals surface area (Å²) >= 11 is 1.74. The number of nitrogens with zero attached hydrogens (tertiary/aromatic N) is 1. The molecule has 7 heteroatoms. The van der Waals surface area contributed by atoms with Gasteiger partial charge in [-0.05, 0) is 104 Å². The molecule has 4 bridgehead atoms. The Balaban J connectivity index is 0.939. The van der Waals surface area contributed by atoms with Gasteiger partial charge in [-0.2, -0.15) is 0 Å². The zero-order valence-electron chi connectivity index (χ0n) is 22.4.